The molecule has 0 saturated carbocycles. The quantitative estimate of drug-likeness (QED) is 0.600. The van der Waals surface area contributed by atoms with Crippen LogP contribution in [0.3, 0.4) is 0 Å². The Labute approximate surface area is 151 Å². The van der Waals surface area contributed by atoms with E-state index in [1.54, 1.807) is 12.1 Å². The highest BCUT2D eigenvalue weighted by atomic mass is 16.5. The fraction of sp³-hybridized carbons (Fsp3) is 0.0952. The van der Waals surface area contributed by atoms with E-state index in [0.29, 0.717) is 19.0 Å². The third kappa shape index (κ3) is 5.01. The first kappa shape index (κ1) is 17.4. The molecule has 0 aliphatic carbocycles. The van der Waals surface area contributed by atoms with Gasteiger partial charge in [0.1, 0.15) is 36.2 Å². The highest BCUT2D eigenvalue weighted by Gasteiger charge is 2.02. The number of aromatic carboxylic acids is 1. The first-order chi connectivity index (χ1) is 12.7. The second-order valence-electron chi connectivity index (χ2n) is 5.41. The highest BCUT2D eigenvalue weighted by Crippen LogP contribution is 2.23. The van der Waals surface area contributed by atoms with Gasteiger partial charge in [0.2, 0.25) is 0 Å². The van der Waals surface area contributed by atoms with E-state index in [1.165, 1.54) is 12.1 Å². The van der Waals surface area contributed by atoms with E-state index < -0.39 is 5.97 Å². The van der Waals surface area contributed by atoms with Crippen LogP contribution >= 0.6 is 0 Å². The summed E-state index contributed by atoms with van der Waals surface area (Å²) >= 11 is 0. The van der Waals surface area contributed by atoms with Gasteiger partial charge in [0.15, 0.2) is 0 Å². The van der Waals surface area contributed by atoms with Crippen molar-refractivity contribution in [1.82, 2.24) is 0 Å². The number of carbonyl (C=O) groups is 1. The molecule has 0 bridgehead atoms. The van der Waals surface area contributed by atoms with Crippen molar-refractivity contribution in [2.24, 2.45) is 0 Å². The monoisotopic (exact) mass is 350 g/mol. The summed E-state index contributed by atoms with van der Waals surface area (Å²) in [5.41, 5.74) is 0.228. The third-order valence-corrected chi connectivity index (χ3v) is 3.52. The zero-order chi connectivity index (χ0) is 18.2. The van der Waals surface area contributed by atoms with E-state index in [0.717, 1.165) is 17.2 Å². The Morgan fingerprint density at radius 1 is 0.654 bits per heavy atom. The number of hydrogen-bond acceptors (Lipinski definition) is 4. The van der Waals surface area contributed by atoms with Crippen LogP contribution in [0, 0.1) is 0 Å². The topological polar surface area (TPSA) is 65.0 Å². The molecular formula is C21H18O5. The highest BCUT2D eigenvalue weighted by molar-refractivity contribution is 5.87. The van der Waals surface area contributed by atoms with Gasteiger partial charge in [-0.05, 0) is 60.7 Å². The molecule has 5 heteroatoms. The van der Waals surface area contributed by atoms with Gasteiger partial charge in [-0.2, -0.15) is 0 Å². The van der Waals surface area contributed by atoms with Gasteiger partial charge >= 0.3 is 5.97 Å². The van der Waals surface area contributed by atoms with Crippen molar-refractivity contribution in [3.8, 4) is 23.0 Å². The van der Waals surface area contributed by atoms with Gasteiger partial charge in [-0.3, -0.25) is 0 Å². The Morgan fingerprint density at radius 3 is 1.65 bits per heavy atom. The molecule has 0 fully saturated rings. The molecule has 3 aromatic rings. The van der Waals surface area contributed by atoms with Gasteiger partial charge in [-0.15, -0.1) is 0 Å². The number of rotatable bonds is 8. The van der Waals surface area contributed by atoms with E-state index in [-0.39, 0.29) is 5.56 Å². The largest absolute Gasteiger partial charge is 0.490 e. The smallest absolute Gasteiger partial charge is 0.335 e. The molecular weight excluding hydrogens is 332 g/mol. The summed E-state index contributed by atoms with van der Waals surface area (Å²) in [5.74, 6) is 1.88. The van der Waals surface area contributed by atoms with Gasteiger partial charge in [-0.25, -0.2) is 4.79 Å². The van der Waals surface area contributed by atoms with Gasteiger partial charge < -0.3 is 19.3 Å². The summed E-state index contributed by atoms with van der Waals surface area (Å²) < 4.78 is 16.9. The summed E-state index contributed by atoms with van der Waals surface area (Å²) in [6, 6.07) is 23.2. The number of benzene rings is 3. The second-order valence-corrected chi connectivity index (χ2v) is 5.41. The first-order valence-corrected chi connectivity index (χ1v) is 8.12. The van der Waals surface area contributed by atoms with Crippen LogP contribution in [0.1, 0.15) is 10.4 Å². The van der Waals surface area contributed by atoms with Crippen molar-refractivity contribution in [3.63, 3.8) is 0 Å². The summed E-state index contributed by atoms with van der Waals surface area (Å²) in [5, 5.41) is 8.85. The molecule has 3 aromatic carbocycles. The first-order valence-electron chi connectivity index (χ1n) is 8.12. The van der Waals surface area contributed by atoms with Crippen LogP contribution in [0.15, 0.2) is 78.9 Å². The van der Waals surface area contributed by atoms with Gasteiger partial charge in [-0.1, -0.05) is 18.2 Å². The van der Waals surface area contributed by atoms with E-state index in [9.17, 15) is 4.79 Å². The summed E-state index contributed by atoms with van der Waals surface area (Å²) in [6.07, 6.45) is 0. The molecule has 0 aliphatic rings. The lowest BCUT2D eigenvalue weighted by Crippen LogP contribution is -2.09. The molecule has 132 valence electrons. The Hall–Kier alpha value is -3.47. The third-order valence-electron chi connectivity index (χ3n) is 3.52. The van der Waals surface area contributed by atoms with Crippen LogP contribution in [-0.2, 0) is 0 Å². The van der Waals surface area contributed by atoms with Gasteiger partial charge in [0, 0.05) is 0 Å². The van der Waals surface area contributed by atoms with E-state index >= 15 is 0 Å². The predicted octanol–water partition coefficient (Wildman–Crippen LogP) is 4.63. The summed E-state index contributed by atoms with van der Waals surface area (Å²) in [7, 11) is 0. The minimum atomic E-state index is -0.959. The Bertz CT molecular complexity index is 827. The van der Waals surface area contributed by atoms with Crippen LogP contribution in [0.25, 0.3) is 0 Å². The molecule has 0 aromatic heterocycles. The Kier molecular flexibility index (Phi) is 5.72. The molecule has 3 rings (SSSR count). The average Bonchev–Trinajstić information content (AvgIpc) is 2.68. The van der Waals surface area contributed by atoms with E-state index in [2.05, 4.69) is 0 Å². The molecule has 0 saturated heterocycles. The maximum absolute atomic E-state index is 10.8. The summed E-state index contributed by atoms with van der Waals surface area (Å²) in [6.45, 7) is 0.730. The maximum atomic E-state index is 10.8. The van der Waals surface area contributed by atoms with Crippen LogP contribution in [0.4, 0.5) is 0 Å². The van der Waals surface area contributed by atoms with Crippen molar-refractivity contribution in [3.05, 3.63) is 84.4 Å². The number of carboxylic acids is 1. The fourth-order valence-corrected chi connectivity index (χ4v) is 2.24. The molecule has 5 nitrogen and oxygen atoms in total. The van der Waals surface area contributed by atoms with Crippen LogP contribution in [0.5, 0.6) is 23.0 Å². The van der Waals surface area contributed by atoms with Gasteiger partial charge in [0.25, 0.3) is 0 Å². The number of ether oxygens (including phenoxy) is 3. The minimum Gasteiger partial charge on any atom is -0.490 e. The van der Waals surface area contributed by atoms with E-state index in [4.69, 9.17) is 19.3 Å². The number of hydrogen-bond donors (Lipinski definition) is 1. The summed E-state index contributed by atoms with van der Waals surface area (Å²) in [4.78, 5) is 10.8. The molecule has 0 radical (unpaired) electrons. The maximum Gasteiger partial charge on any atom is 0.335 e. The lowest BCUT2D eigenvalue weighted by Gasteiger charge is -2.10. The van der Waals surface area contributed by atoms with Crippen LogP contribution in [0.2, 0.25) is 0 Å². The zero-order valence-corrected chi connectivity index (χ0v) is 14.0. The van der Waals surface area contributed by atoms with Crippen LogP contribution in [-0.4, -0.2) is 24.3 Å². The molecule has 0 heterocycles. The minimum absolute atomic E-state index is 0.228. The predicted molar refractivity (Wildman–Crippen MR) is 97.3 cm³/mol. The van der Waals surface area contributed by atoms with Crippen molar-refractivity contribution in [2.75, 3.05) is 13.2 Å². The van der Waals surface area contributed by atoms with Crippen molar-refractivity contribution < 1.29 is 24.1 Å². The lowest BCUT2D eigenvalue weighted by molar-refractivity contribution is 0.0697. The Morgan fingerprint density at radius 2 is 1.12 bits per heavy atom. The number of para-hydroxylation sites is 1. The average molecular weight is 350 g/mol. The fourth-order valence-electron chi connectivity index (χ4n) is 2.24. The molecule has 26 heavy (non-hydrogen) atoms. The van der Waals surface area contributed by atoms with E-state index in [1.807, 2.05) is 54.6 Å². The van der Waals surface area contributed by atoms with Crippen molar-refractivity contribution in [2.45, 2.75) is 0 Å². The molecule has 0 amide bonds. The molecule has 0 atom stereocenters. The molecule has 0 aliphatic heterocycles. The SMILES string of the molecule is O=C(O)c1ccc(OCCOc2ccc(Oc3ccccc3)cc2)cc1. The second kappa shape index (κ2) is 8.58. The molecule has 0 unspecified atom stereocenters. The lowest BCUT2D eigenvalue weighted by atomic mass is 10.2. The zero-order valence-electron chi connectivity index (χ0n) is 14.0. The molecule has 0 spiro atoms. The number of carboxylic acid groups (broad SMARTS) is 1. The van der Waals surface area contributed by atoms with Crippen molar-refractivity contribution in [1.29, 1.82) is 0 Å². The normalized spacial score (nSPS) is 10.2. The van der Waals surface area contributed by atoms with Crippen molar-refractivity contribution >= 4 is 5.97 Å². The molecule has 1 N–H and O–H groups in total. The Balaban J connectivity index is 1.42. The standard InChI is InChI=1S/C21H18O5/c22-21(23)16-6-8-17(9-7-16)24-14-15-25-18-10-12-20(13-11-18)26-19-4-2-1-3-5-19/h1-13H,14-15H2,(H,22,23). The van der Waals surface area contributed by atoms with Gasteiger partial charge in [0.05, 0.1) is 5.56 Å². The van der Waals surface area contributed by atoms with Crippen LogP contribution < -0.4 is 14.2 Å².